The predicted molar refractivity (Wildman–Crippen MR) is 66.6 cm³/mol. The average molecular weight is 320 g/mol. The normalized spacial score (nSPS) is 36.8. The molecule has 1 spiro atoms. The van der Waals surface area contributed by atoms with Crippen molar-refractivity contribution in [2.45, 2.75) is 44.8 Å². The van der Waals surface area contributed by atoms with Crippen LogP contribution in [0.2, 0.25) is 0 Å². The summed E-state index contributed by atoms with van der Waals surface area (Å²) in [7, 11) is 0. The summed E-state index contributed by atoms with van der Waals surface area (Å²) >= 11 is 0. The molecular formula is C14H26BrNO2. The molecule has 4 fully saturated rings. The first kappa shape index (κ1) is 14.8. The van der Waals surface area contributed by atoms with Gasteiger partial charge in [0.1, 0.15) is 6.54 Å². The maximum absolute atomic E-state index is 6.01. The van der Waals surface area contributed by atoms with Crippen LogP contribution in [0.4, 0.5) is 0 Å². The van der Waals surface area contributed by atoms with Crippen molar-refractivity contribution >= 4 is 0 Å². The molecule has 0 atom stereocenters. The Bertz CT molecular complexity index is 271. The highest BCUT2D eigenvalue weighted by molar-refractivity contribution is 4.90. The number of fused-ring (bicyclic) bond motifs is 2. The van der Waals surface area contributed by atoms with Crippen molar-refractivity contribution < 1.29 is 30.9 Å². The van der Waals surface area contributed by atoms with Crippen molar-refractivity contribution in [3.8, 4) is 0 Å². The third-order valence-electron chi connectivity index (χ3n) is 5.09. The van der Waals surface area contributed by atoms with Gasteiger partial charge in [-0.05, 0) is 12.8 Å². The van der Waals surface area contributed by atoms with E-state index < -0.39 is 0 Å². The molecule has 0 aromatic heterocycles. The molecule has 4 aliphatic rings. The van der Waals surface area contributed by atoms with Crippen LogP contribution in [-0.4, -0.2) is 49.7 Å². The molecular weight excluding hydrogens is 294 g/mol. The van der Waals surface area contributed by atoms with Crippen LogP contribution >= 0.6 is 0 Å². The zero-order valence-corrected chi connectivity index (χ0v) is 13.1. The van der Waals surface area contributed by atoms with Crippen LogP contribution in [0.25, 0.3) is 0 Å². The van der Waals surface area contributed by atoms with E-state index in [9.17, 15) is 0 Å². The second-order valence-electron chi connectivity index (χ2n) is 6.16. The van der Waals surface area contributed by atoms with Gasteiger partial charge in [-0.25, -0.2) is 0 Å². The van der Waals surface area contributed by atoms with Gasteiger partial charge in [-0.1, -0.05) is 13.3 Å². The van der Waals surface area contributed by atoms with Gasteiger partial charge >= 0.3 is 0 Å². The molecule has 4 heteroatoms. The fourth-order valence-electron chi connectivity index (χ4n) is 4.11. The van der Waals surface area contributed by atoms with Gasteiger partial charge in [0, 0.05) is 18.8 Å². The van der Waals surface area contributed by atoms with Crippen molar-refractivity contribution in [1.29, 1.82) is 0 Å². The second kappa shape index (κ2) is 5.78. The summed E-state index contributed by atoms with van der Waals surface area (Å²) < 4.78 is 13.3. The molecule has 18 heavy (non-hydrogen) atoms. The Morgan fingerprint density at radius 3 is 2.39 bits per heavy atom. The van der Waals surface area contributed by atoms with E-state index in [1.54, 1.807) is 0 Å². The first-order valence-corrected chi connectivity index (χ1v) is 7.42. The van der Waals surface area contributed by atoms with E-state index in [-0.39, 0.29) is 22.8 Å². The fourth-order valence-corrected chi connectivity index (χ4v) is 4.11. The lowest BCUT2D eigenvalue weighted by Crippen LogP contribution is -3.00. The zero-order valence-electron chi connectivity index (χ0n) is 11.5. The van der Waals surface area contributed by atoms with E-state index in [0.29, 0.717) is 5.92 Å². The van der Waals surface area contributed by atoms with Crippen molar-refractivity contribution in [2.75, 3.05) is 39.4 Å². The molecule has 0 unspecified atom stereocenters. The summed E-state index contributed by atoms with van der Waals surface area (Å²) in [5, 5.41) is 0. The standard InChI is InChI=1S/C14H26NO2.BrH/c1-2-3-4-7-15-8-5-13(6-9-15)14(12-15)16-10-11-17-14;/h13H,2-12H2,1H3;1H/q+1;/p-1. The van der Waals surface area contributed by atoms with Crippen LogP contribution < -0.4 is 17.0 Å². The molecule has 4 aliphatic heterocycles. The first-order chi connectivity index (χ1) is 8.29. The minimum Gasteiger partial charge on any atom is -1.00 e. The summed E-state index contributed by atoms with van der Waals surface area (Å²) in [5.41, 5.74) is 0. The van der Waals surface area contributed by atoms with Gasteiger partial charge in [0.2, 0.25) is 5.79 Å². The van der Waals surface area contributed by atoms with E-state index in [1.165, 1.54) is 56.2 Å². The summed E-state index contributed by atoms with van der Waals surface area (Å²) in [6.45, 7) is 9.10. The number of ether oxygens (including phenoxy) is 2. The minimum absolute atomic E-state index is 0. The van der Waals surface area contributed by atoms with Gasteiger partial charge in [0.25, 0.3) is 0 Å². The number of rotatable bonds is 4. The Morgan fingerprint density at radius 1 is 1.11 bits per heavy atom. The summed E-state index contributed by atoms with van der Waals surface area (Å²) in [4.78, 5) is 0. The number of nitrogens with zero attached hydrogens (tertiary/aromatic N) is 1. The van der Waals surface area contributed by atoms with Gasteiger partial charge in [0.15, 0.2) is 0 Å². The van der Waals surface area contributed by atoms with E-state index >= 15 is 0 Å². The number of piperidine rings is 3. The average Bonchev–Trinajstić information content (AvgIpc) is 2.79. The number of quaternary nitrogens is 1. The van der Waals surface area contributed by atoms with E-state index in [4.69, 9.17) is 9.47 Å². The quantitative estimate of drug-likeness (QED) is 0.497. The van der Waals surface area contributed by atoms with E-state index in [0.717, 1.165) is 19.8 Å². The molecule has 2 bridgehead atoms. The maximum atomic E-state index is 6.01. The molecule has 0 amide bonds. The fraction of sp³-hybridized carbons (Fsp3) is 1.00. The van der Waals surface area contributed by atoms with Crippen LogP contribution in [-0.2, 0) is 9.47 Å². The van der Waals surface area contributed by atoms with E-state index in [1.807, 2.05) is 0 Å². The minimum atomic E-state index is -0.178. The molecule has 0 aliphatic carbocycles. The molecule has 4 saturated heterocycles. The summed E-state index contributed by atoms with van der Waals surface area (Å²) in [6, 6.07) is 0. The van der Waals surface area contributed by atoms with Gasteiger partial charge < -0.3 is 30.9 Å². The topological polar surface area (TPSA) is 18.5 Å². The molecule has 0 N–H and O–H groups in total. The first-order valence-electron chi connectivity index (χ1n) is 7.42. The van der Waals surface area contributed by atoms with Crippen molar-refractivity contribution in [2.24, 2.45) is 5.92 Å². The van der Waals surface area contributed by atoms with E-state index in [2.05, 4.69) is 6.92 Å². The molecule has 0 radical (unpaired) electrons. The largest absolute Gasteiger partial charge is 1.00 e. The highest BCUT2D eigenvalue weighted by Crippen LogP contribution is 2.45. The number of unbranched alkanes of at least 4 members (excludes halogenated alkanes) is 2. The monoisotopic (exact) mass is 319 g/mol. The lowest BCUT2D eigenvalue weighted by Gasteiger charge is -2.55. The third kappa shape index (κ3) is 2.49. The molecule has 106 valence electrons. The van der Waals surface area contributed by atoms with Crippen molar-refractivity contribution in [1.82, 2.24) is 0 Å². The van der Waals surface area contributed by atoms with Crippen LogP contribution in [0.15, 0.2) is 0 Å². The third-order valence-corrected chi connectivity index (χ3v) is 5.09. The molecule has 0 aromatic rings. The van der Waals surface area contributed by atoms with Gasteiger partial charge in [-0.2, -0.15) is 0 Å². The van der Waals surface area contributed by atoms with Gasteiger partial charge in [-0.3, -0.25) is 0 Å². The molecule has 0 saturated carbocycles. The Kier molecular flexibility index (Phi) is 4.74. The number of hydrogen-bond acceptors (Lipinski definition) is 2. The molecule has 0 aromatic carbocycles. The Morgan fingerprint density at radius 2 is 1.78 bits per heavy atom. The predicted octanol–water partition coefficient (Wildman–Crippen LogP) is -0.836. The lowest BCUT2D eigenvalue weighted by atomic mass is 9.80. The SMILES string of the molecule is CCCCC[N+]12CCC(CC1)C1(C2)OCCO1.[Br-]. The summed E-state index contributed by atoms with van der Waals surface area (Å²) in [6.07, 6.45) is 6.69. The zero-order chi connectivity index (χ0) is 11.8. The molecule has 4 heterocycles. The van der Waals surface area contributed by atoms with Crippen molar-refractivity contribution in [3.05, 3.63) is 0 Å². The highest BCUT2D eigenvalue weighted by Gasteiger charge is 2.58. The summed E-state index contributed by atoms with van der Waals surface area (Å²) in [5.74, 6) is 0.499. The lowest BCUT2D eigenvalue weighted by molar-refractivity contribution is -0.954. The number of hydrogen-bond donors (Lipinski definition) is 0. The van der Waals surface area contributed by atoms with Crippen LogP contribution in [0.1, 0.15) is 39.0 Å². The number of halogens is 1. The Hall–Kier alpha value is 0.360. The molecule has 3 nitrogen and oxygen atoms in total. The molecule has 4 rings (SSSR count). The second-order valence-corrected chi connectivity index (χ2v) is 6.16. The maximum Gasteiger partial charge on any atom is 0.222 e. The Labute approximate surface area is 121 Å². The highest BCUT2D eigenvalue weighted by atomic mass is 79.9. The van der Waals surface area contributed by atoms with Crippen LogP contribution in [0.5, 0.6) is 0 Å². The van der Waals surface area contributed by atoms with Gasteiger partial charge in [0.05, 0.1) is 32.8 Å². The van der Waals surface area contributed by atoms with Crippen LogP contribution in [0.3, 0.4) is 0 Å². The van der Waals surface area contributed by atoms with Crippen LogP contribution in [0, 0.1) is 5.92 Å². The van der Waals surface area contributed by atoms with Gasteiger partial charge in [-0.15, -0.1) is 0 Å². The van der Waals surface area contributed by atoms with Crippen molar-refractivity contribution in [3.63, 3.8) is 0 Å². The smallest absolute Gasteiger partial charge is 0.222 e. The Balaban J connectivity index is 0.00000120.